The van der Waals surface area contributed by atoms with Crippen molar-refractivity contribution in [2.45, 2.75) is 37.5 Å². The molecule has 0 bridgehead atoms. The van der Waals surface area contributed by atoms with E-state index in [1.807, 2.05) is 0 Å². The van der Waals surface area contributed by atoms with E-state index in [4.69, 9.17) is 5.73 Å². The molecule has 0 aliphatic heterocycles. The van der Waals surface area contributed by atoms with Crippen LogP contribution in [0.2, 0.25) is 0 Å². The fourth-order valence-electron chi connectivity index (χ4n) is 6.27. The van der Waals surface area contributed by atoms with Crippen LogP contribution >= 0.6 is 0 Å². The topological polar surface area (TPSA) is 192 Å². The van der Waals surface area contributed by atoms with Crippen molar-refractivity contribution < 1.29 is 44.1 Å². The van der Waals surface area contributed by atoms with Crippen molar-refractivity contribution >= 4 is 34.8 Å². The van der Waals surface area contributed by atoms with Gasteiger partial charge in [0.2, 0.25) is 5.91 Å². The number of hydrogen-bond donors (Lipinski definition) is 4. The first-order valence-corrected chi connectivity index (χ1v) is 11.1. The molecule has 0 heterocycles. The Bertz CT molecular complexity index is 1220. The second-order valence-electron chi connectivity index (χ2n) is 9.85. The van der Waals surface area contributed by atoms with Gasteiger partial charge in [0.15, 0.2) is 40.4 Å². The minimum Gasteiger partial charge on any atom is -0.506 e. The molecule has 35 heavy (non-hydrogen) atoms. The van der Waals surface area contributed by atoms with Gasteiger partial charge >= 0.3 is 0 Å². The van der Waals surface area contributed by atoms with E-state index in [0.29, 0.717) is 0 Å². The standard InChI is InChI=1S/C24H26N2O9/c1-7-9-5-6-10(8(2)27)17(28)12(9)18(29)13-11(7)19(30)15-16(26(3)4)20(31)14(23(25)34)22(33)24(15,35)21(13)32/h5-7,11,13-16,19,28,30,35H,1-4H3,(H2,25,34)/t7-,11+,13?,14?,15+,16-,19-,24-/m1/s1. The van der Waals surface area contributed by atoms with Crippen LogP contribution in [-0.2, 0) is 19.2 Å². The molecule has 1 aromatic carbocycles. The largest absolute Gasteiger partial charge is 0.506 e. The van der Waals surface area contributed by atoms with E-state index in [1.54, 1.807) is 6.92 Å². The second-order valence-corrected chi connectivity index (χ2v) is 9.85. The maximum absolute atomic E-state index is 13.8. The highest BCUT2D eigenvalue weighted by atomic mass is 16.3. The minimum atomic E-state index is -3.05. The van der Waals surface area contributed by atoms with Gasteiger partial charge < -0.3 is 21.1 Å². The van der Waals surface area contributed by atoms with Crippen molar-refractivity contribution in [3.05, 3.63) is 28.8 Å². The van der Waals surface area contributed by atoms with Crippen LogP contribution < -0.4 is 5.73 Å². The predicted octanol–water partition coefficient (Wildman–Crippen LogP) is -1.40. The molecule has 186 valence electrons. The number of amides is 1. The average Bonchev–Trinajstić information content (AvgIpc) is 2.75. The van der Waals surface area contributed by atoms with Crippen molar-refractivity contribution in [3.8, 4) is 5.75 Å². The number of Topliss-reactive ketones (excluding diaryl/α,β-unsaturated/α-hetero) is 5. The van der Waals surface area contributed by atoms with Gasteiger partial charge in [-0.2, -0.15) is 0 Å². The van der Waals surface area contributed by atoms with Crippen LogP contribution in [0.15, 0.2) is 12.1 Å². The zero-order valence-electron chi connectivity index (χ0n) is 19.5. The normalized spacial score (nSPS) is 36.5. The lowest BCUT2D eigenvalue weighted by molar-refractivity contribution is -0.196. The number of nitrogens with two attached hydrogens (primary N) is 1. The number of ketones is 5. The van der Waals surface area contributed by atoms with Crippen LogP contribution in [0.3, 0.4) is 0 Å². The number of aliphatic hydroxyl groups excluding tert-OH is 1. The molecule has 5 N–H and O–H groups in total. The summed E-state index contributed by atoms with van der Waals surface area (Å²) < 4.78 is 0. The Morgan fingerprint density at radius 3 is 2.20 bits per heavy atom. The van der Waals surface area contributed by atoms with Gasteiger partial charge in [-0.3, -0.25) is 33.7 Å². The summed E-state index contributed by atoms with van der Waals surface area (Å²) in [4.78, 5) is 78.9. The number of benzene rings is 1. The van der Waals surface area contributed by atoms with E-state index in [0.717, 1.165) is 0 Å². The minimum absolute atomic E-state index is 0.149. The number of carbonyl (C=O) groups excluding carboxylic acids is 6. The van der Waals surface area contributed by atoms with Crippen LogP contribution in [0, 0.1) is 23.7 Å². The van der Waals surface area contributed by atoms with Gasteiger partial charge in [0.1, 0.15) is 5.75 Å². The van der Waals surface area contributed by atoms with Crippen molar-refractivity contribution in [1.82, 2.24) is 4.90 Å². The maximum Gasteiger partial charge on any atom is 0.235 e. The van der Waals surface area contributed by atoms with Crippen molar-refractivity contribution in [2.75, 3.05) is 14.1 Å². The van der Waals surface area contributed by atoms with Gasteiger partial charge in [-0.15, -0.1) is 0 Å². The number of nitrogens with zero attached hydrogens (tertiary/aromatic N) is 1. The average molecular weight is 486 g/mol. The number of carbonyl (C=O) groups is 6. The summed E-state index contributed by atoms with van der Waals surface area (Å²) in [5.74, 6) is -14.7. The summed E-state index contributed by atoms with van der Waals surface area (Å²) in [6.45, 7) is 2.78. The van der Waals surface area contributed by atoms with Crippen molar-refractivity contribution in [1.29, 1.82) is 0 Å². The molecule has 3 aliphatic carbocycles. The molecule has 11 heteroatoms. The predicted molar refractivity (Wildman–Crippen MR) is 117 cm³/mol. The molecule has 1 aromatic rings. The number of aliphatic hydroxyl groups is 2. The molecular formula is C24H26N2O9. The van der Waals surface area contributed by atoms with Gasteiger partial charge in [-0.05, 0) is 38.6 Å². The zero-order valence-corrected chi connectivity index (χ0v) is 19.5. The molecule has 1 amide bonds. The molecule has 11 nitrogen and oxygen atoms in total. The van der Waals surface area contributed by atoms with Crippen molar-refractivity contribution in [3.63, 3.8) is 0 Å². The number of hydrogen-bond acceptors (Lipinski definition) is 10. The van der Waals surface area contributed by atoms with Crippen LogP contribution in [0.25, 0.3) is 0 Å². The number of phenolic OH excluding ortho intramolecular Hbond substituents is 1. The molecule has 2 fully saturated rings. The third kappa shape index (κ3) is 3.01. The number of primary amides is 1. The Kier molecular flexibility index (Phi) is 5.58. The molecule has 2 unspecified atom stereocenters. The van der Waals surface area contributed by atoms with Crippen LogP contribution in [-0.4, -0.2) is 86.9 Å². The van der Waals surface area contributed by atoms with Gasteiger partial charge in [0.25, 0.3) is 0 Å². The summed E-state index contributed by atoms with van der Waals surface area (Å²) in [7, 11) is 2.85. The van der Waals surface area contributed by atoms with E-state index < -0.39 is 87.9 Å². The molecular weight excluding hydrogens is 460 g/mol. The summed E-state index contributed by atoms with van der Waals surface area (Å²) in [6.07, 6.45) is -1.70. The third-order valence-corrected chi connectivity index (χ3v) is 7.87. The van der Waals surface area contributed by atoms with E-state index in [-0.39, 0.29) is 16.7 Å². The highest BCUT2D eigenvalue weighted by Crippen LogP contribution is 2.54. The van der Waals surface area contributed by atoms with Crippen molar-refractivity contribution in [2.24, 2.45) is 29.4 Å². The lowest BCUT2D eigenvalue weighted by Crippen LogP contribution is -2.77. The van der Waals surface area contributed by atoms with E-state index in [9.17, 15) is 44.1 Å². The highest BCUT2D eigenvalue weighted by molar-refractivity contribution is 6.32. The maximum atomic E-state index is 13.8. The second kappa shape index (κ2) is 7.87. The van der Waals surface area contributed by atoms with E-state index >= 15 is 0 Å². The third-order valence-electron chi connectivity index (χ3n) is 7.87. The fourth-order valence-corrected chi connectivity index (χ4v) is 6.27. The molecule has 0 spiro atoms. The first-order chi connectivity index (χ1) is 16.2. The molecule has 3 aliphatic rings. The Hall–Kier alpha value is -3.28. The smallest absolute Gasteiger partial charge is 0.235 e. The number of rotatable bonds is 3. The molecule has 0 radical (unpaired) electrons. The Labute approximate surface area is 199 Å². The van der Waals surface area contributed by atoms with Crippen LogP contribution in [0.4, 0.5) is 0 Å². The molecule has 0 saturated heterocycles. The van der Waals surface area contributed by atoms with Gasteiger partial charge in [-0.25, -0.2) is 0 Å². The SMILES string of the molecule is CC(=O)c1ccc2c(c1O)C(=O)C1C(=O)[C@@]3(O)C(=O)C(C(N)=O)C(=O)[C@H](N(C)C)[C@H]3[C@H](O)[C@H]1[C@@H]2C. The fraction of sp³-hybridized carbons (Fsp3) is 0.500. The summed E-state index contributed by atoms with van der Waals surface area (Å²) >= 11 is 0. The Balaban J connectivity index is 1.97. The molecule has 8 atom stereocenters. The molecule has 4 rings (SSSR count). The number of fused-ring (bicyclic) bond motifs is 3. The Morgan fingerprint density at radius 1 is 1.09 bits per heavy atom. The van der Waals surface area contributed by atoms with Crippen LogP contribution in [0.1, 0.15) is 46.0 Å². The molecule has 0 aromatic heterocycles. The lowest BCUT2D eigenvalue weighted by Gasteiger charge is -2.56. The lowest BCUT2D eigenvalue weighted by atomic mass is 9.49. The monoisotopic (exact) mass is 486 g/mol. The zero-order chi connectivity index (χ0) is 26.3. The molecule has 2 saturated carbocycles. The first kappa shape index (κ1) is 24.8. The van der Waals surface area contributed by atoms with Gasteiger partial charge in [0.05, 0.1) is 35.1 Å². The van der Waals surface area contributed by atoms with Gasteiger partial charge in [0, 0.05) is 5.92 Å². The van der Waals surface area contributed by atoms with Crippen LogP contribution in [0.5, 0.6) is 5.75 Å². The number of likely N-dealkylation sites (N-methyl/N-ethyl adjacent to an activating group) is 1. The number of aromatic hydroxyl groups is 1. The summed E-state index contributed by atoms with van der Waals surface area (Å²) in [5.41, 5.74) is 2.04. The highest BCUT2D eigenvalue weighted by Gasteiger charge is 2.72. The van der Waals surface area contributed by atoms with E-state index in [2.05, 4.69) is 0 Å². The van der Waals surface area contributed by atoms with Gasteiger partial charge in [-0.1, -0.05) is 13.0 Å². The number of phenols is 1. The van der Waals surface area contributed by atoms with E-state index in [1.165, 1.54) is 38.1 Å². The Morgan fingerprint density at radius 2 is 1.69 bits per heavy atom. The summed E-state index contributed by atoms with van der Waals surface area (Å²) in [6, 6.07) is 1.36. The quantitative estimate of drug-likeness (QED) is 0.292. The first-order valence-electron chi connectivity index (χ1n) is 11.1. The summed E-state index contributed by atoms with van der Waals surface area (Å²) in [5, 5.41) is 33.7.